The summed E-state index contributed by atoms with van der Waals surface area (Å²) >= 11 is 0. The summed E-state index contributed by atoms with van der Waals surface area (Å²) in [5, 5.41) is 26.7. The maximum Gasteiger partial charge on any atom is 0.330 e. The van der Waals surface area contributed by atoms with Gasteiger partial charge in [0.2, 0.25) is 0 Å². The molecule has 20 heavy (non-hydrogen) atoms. The summed E-state index contributed by atoms with van der Waals surface area (Å²) in [6.45, 7) is 0. The van der Waals surface area contributed by atoms with Crippen LogP contribution >= 0.6 is 0 Å². The van der Waals surface area contributed by atoms with Crippen LogP contribution in [0.1, 0.15) is 11.6 Å². The molecule has 1 heterocycles. The number of aliphatic carboxylic acids is 1. The molecule has 0 fully saturated rings. The van der Waals surface area contributed by atoms with Crippen molar-refractivity contribution in [3.63, 3.8) is 0 Å². The van der Waals surface area contributed by atoms with Gasteiger partial charge in [0.05, 0.1) is 11.1 Å². The van der Waals surface area contributed by atoms with Crippen molar-refractivity contribution in [2.24, 2.45) is 7.05 Å². The summed E-state index contributed by atoms with van der Waals surface area (Å²) in [6.07, 6.45) is 2.95. The molecule has 104 valence electrons. The van der Waals surface area contributed by atoms with Gasteiger partial charge < -0.3 is 10.4 Å². The van der Waals surface area contributed by atoms with Crippen LogP contribution in [-0.2, 0) is 11.8 Å². The minimum Gasteiger partial charge on any atom is -0.479 e. The van der Waals surface area contributed by atoms with E-state index in [4.69, 9.17) is 0 Å². The van der Waals surface area contributed by atoms with E-state index >= 15 is 0 Å². The van der Waals surface area contributed by atoms with Gasteiger partial charge in [0.15, 0.2) is 6.04 Å². The average molecular weight is 276 g/mol. The van der Waals surface area contributed by atoms with E-state index < -0.39 is 16.9 Å². The van der Waals surface area contributed by atoms with Crippen molar-refractivity contribution < 1.29 is 14.8 Å². The van der Waals surface area contributed by atoms with Crippen molar-refractivity contribution in [2.45, 2.75) is 6.04 Å². The number of hydrogen-bond acceptors (Lipinski definition) is 5. The molecule has 2 rings (SSSR count). The van der Waals surface area contributed by atoms with Crippen molar-refractivity contribution in [2.75, 3.05) is 5.32 Å². The Labute approximate surface area is 113 Å². The highest BCUT2D eigenvalue weighted by molar-refractivity contribution is 5.80. The molecule has 0 amide bonds. The van der Waals surface area contributed by atoms with Crippen LogP contribution in [-0.4, -0.2) is 25.8 Å². The molecule has 8 heteroatoms. The van der Waals surface area contributed by atoms with Crippen LogP contribution in [0.3, 0.4) is 0 Å². The van der Waals surface area contributed by atoms with Crippen LogP contribution in [0.15, 0.2) is 36.7 Å². The molecule has 0 aliphatic rings. The third-order valence-corrected chi connectivity index (χ3v) is 2.71. The lowest BCUT2D eigenvalue weighted by Crippen LogP contribution is -2.20. The first kappa shape index (κ1) is 13.5. The van der Waals surface area contributed by atoms with Crippen LogP contribution in [0.25, 0.3) is 0 Å². The Bertz CT molecular complexity index is 652. The Morgan fingerprint density at radius 1 is 1.50 bits per heavy atom. The van der Waals surface area contributed by atoms with Gasteiger partial charge in [0, 0.05) is 24.9 Å². The van der Waals surface area contributed by atoms with Crippen molar-refractivity contribution in [1.82, 2.24) is 9.78 Å². The van der Waals surface area contributed by atoms with Crippen molar-refractivity contribution >= 4 is 17.3 Å². The fourth-order valence-electron chi connectivity index (χ4n) is 1.79. The zero-order valence-corrected chi connectivity index (χ0v) is 10.6. The minimum absolute atomic E-state index is 0.147. The molecule has 0 saturated heterocycles. The standard InChI is InChI=1S/C12H12N4O4/c1-15-7-8(6-13-15)11(12(17)18)14-9-4-2-3-5-10(9)16(19)20/h2-7,11,14H,1H3,(H,17,18). The second-order valence-corrected chi connectivity index (χ2v) is 4.14. The van der Waals surface area contributed by atoms with Gasteiger partial charge in [0.1, 0.15) is 5.69 Å². The van der Waals surface area contributed by atoms with E-state index in [1.807, 2.05) is 0 Å². The van der Waals surface area contributed by atoms with Crippen molar-refractivity contribution in [3.8, 4) is 0 Å². The van der Waals surface area contributed by atoms with Gasteiger partial charge in [-0.05, 0) is 6.07 Å². The first-order valence-electron chi connectivity index (χ1n) is 5.70. The number of nitrogens with zero attached hydrogens (tertiary/aromatic N) is 3. The SMILES string of the molecule is Cn1cc(C(Nc2ccccc2[N+](=O)[O-])C(=O)O)cn1. The molecular formula is C12H12N4O4. The molecule has 2 aromatic rings. The molecule has 0 bridgehead atoms. The number of aromatic nitrogens is 2. The molecule has 0 radical (unpaired) electrons. The summed E-state index contributed by atoms with van der Waals surface area (Å²) in [5.41, 5.74) is 0.384. The topological polar surface area (TPSA) is 110 Å². The molecular weight excluding hydrogens is 264 g/mol. The number of aryl methyl sites for hydroxylation is 1. The highest BCUT2D eigenvalue weighted by atomic mass is 16.6. The van der Waals surface area contributed by atoms with E-state index in [0.717, 1.165) is 0 Å². The Morgan fingerprint density at radius 2 is 2.20 bits per heavy atom. The lowest BCUT2D eigenvalue weighted by molar-refractivity contribution is -0.384. The van der Waals surface area contributed by atoms with Crippen LogP contribution in [0, 0.1) is 10.1 Å². The van der Waals surface area contributed by atoms with Gasteiger partial charge in [-0.2, -0.15) is 5.10 Å². The van der Waals surface area contributed by atoms with Gasteiger partial charge in [-0.3, -0.25) is 14.8 Å². The number of rotatable bonds is 5. The maximum atomic E-state index is 11.3. The third kappa shape index (κ3) is 2.74. The van der Waals surface area contributed by atoms with Gasteiger partial charge >= 0.3 is 5.97 Å². The molecule has 0 spiro atoms. The predicted molar refractivity (Wildman–Crippen MR) is 70.3 cm³/mol. The van der Waals surface area contributed by atoms with Crippen molar-refractivity contribution in [3.05, 3.63) is 52.3 Å². The number of carboxylic acids is 1. The highest BCUT2D eigenvalue weighted by Crippen LogP contribution is 2.27. The van der Waals surface area contributed by atoms with E-state index in [0.29, 0.717) is 5.56 Å². The molecule has 0 aliphatic heterocycles. The smallest absolute Gasteiger partial charge is 0.330 e. The summed E-state index contributed by atoms with van der Waals surface area (Å²) in [4.78, 5) is 21.7. The van der Waals surface area contributed by atoms with Gasteiger partial charge in [0.25, 0.3) is 5.69 Å². The number of nitro groups is 1. The first-order chi connectivity index (χ1) is 9.49. The summed E-state index contributed by atoms with van der Waals surface area (Å²) in [7, 11) is 1.66. The molecule has 1 unspecified atom stereocenters. The largest absolute Gasteiger partial charge is 0.479 e. The third-order valence-electron chi connectivity index (χ3n) is 2.71. The number of para-hydroxylation sites is 2. The number of benzene rings is 1. The summed E-state index contributed by atoms with van der Waals surface area (Å²) in [5.74, 6) is -1.14. The Morgan fingerprint density at radius 3 is 2.75 bits per heavy atom. The number of nitrogens with one attached hydrogen (secondary N) is 1. The van der Waals surface area contributed by atoms with E-state index in [1.165, 1.54) is 29.1 Å². The van der Waals surface area contributed by atoms with E-state index in [-0.39, 0.29) is 11.4 Å². The Kier molecular flexibility index (Phi) is 3.65. The first-order valence-corrected chi connectivity index (χ1v) is 5.70. The fraction of sp³-hybridized carbons (Fsp3) is 0.167. The van der Waals surface area contributed by atoms with Gasteiger partial charge in [-0.15, -0.1) is 0 Å². The normalized spacial score (nSPS) is 11.8. The molecule has 1 atom stereocenters. The second kappa shape index (κ2) is 5.39. The van der Waals surface area contributed by atoms with Gasteiger partial charge in [-0.1, -0.05) is 12.1 Å². The molecule has 8 nitrogen and oxygen atoms in total. The lowest BCUT2D eigenvalue weighted by atomic mass is 10.1. The quantitative estimate of drug-likeness (QED) is 0.633. The monoisotopic (exact) mass is 276 g/mol. The number of carbonyl (C=O) groups is 1. The number of nitro benzene ring substituents is 1. The predicted octanol–water partition coefficient (Wildman–Crippen LogP) is 1.57. The summed E-state index contributed by atoms with van der Waals surface area (Å²) < 4.78 is 1.46. The molecule has 1 aromatic carbocycles. The molecule has 2 N–H and O–H groups in total. The van der Waals surface area contributed by atoms with Crippen LogP contribution in [0.4, 0.5) is 11.4 Å². The molecule has 0 saturated carbocycles. The lowest BCUT2D eigenvalue weighted by Gasteiger charge is -2.14. The van der Waals surface area contributed by atoms with Crippen LogP contribution in [0.5, 0.6) is 0 Å². The summed E-state index contributed by atoms with van der Waals surface area (Å²) in [6, 6.07) is 4.78. The molecule has 0 aliphatic carbocycles. The van der Waals surface area contributed by atoms with Crippen LogP contribution in [0.2, 0.25) is 0 Å². The Hall–Kier alpha value is -2.90. The fourth-order valence-corrected chi connectivity index (χ4v) is 1.79. The number of carboxylic acid groups (broad SMARTS) is 1. The molecule has 1 aromatic heterocycles. The van der Waals surface area contributed by atoms with Crippen LogP contribution < -0.4 is 5.32 Å². The second-order valence-electron chi connectivity index (χ2n) is 4.14. The minimum atomic E-state index is -1.14. The Balaban J connectivity index is 2.34. The van der Waals surface area contributed by atoms with E-state index in [1.54, 1.807) is 19.3 Å². The zero-order valence-electron chi connectivity index (χ0n) is 10.6. The zero-order chi connectivity index (χ0) is 14.7. The van der Waals surface area contributed by atoms with E-state index in [9.17, 15) is 20.0 Å². The van der Waals surface area contributed by atoms with Crippen molar-refractivity contribution in [1.29, 1.82) is 0 Å². The number of hydrogen-bond donors (Lipinski definition) is 2. The average Bonchev–Trinajstić information content (AvgIpc) is 2.82. The number of anilines is 1. The maximum absolute atomic E-state index is 11.3. The van der Waals surface area contributed by atoms with E-state index in [2.05, 4.69) is 10.4 Å². The highest BCUT2D eigenvalue weighted by Gasteiger charge is 2.24. The van der Waals surface area contributed by atoms with Gasteiger partial charge in [-0.25, -0.2) is 4.79 Å².